The number of aromatic nitrogens is 2. The maximum absolute atomic E-state index is 10.9. The summed E-state index contributed by atoms with van der Waals surface area (Å²) in [6.07, 6.45) is 2.17. The number of hydrogen-bond acceptors (Lipinski definition) is 6. The molecule has 0 amide bonds. The molecule has 0 aromatic carbocycles. The van der Waals surface area contributed by atoms with Crippen LogP contribution in [-0.2, 0) is 13.0 Å². The average molecular weight is 299 g/mol. The van der Waals surface area contributed by atoms with Crippen LogP contribution < -0.4 is 5.32 Å². The van der Waals surface area contributed by atoms with Crippen molar-refractivity contribution < 1.29 is 4.92 Å². The number of halogens is 1. The van der Waals surface area contributed by atoms with E-state index < -0.39 is 4.92 Å². The average Bonchev–Trinajstić information content (AvgIpc) is 2.83. The quantitative estimate of drug-likeness (QED) is 0.520. The van der Waals surface area contributed by atoms with Crippen molar-refractivity contribution in [3.8, 4) is 0 Å². The van der Waals surface area contributed by atoms with Gasteiger partial charge in [-0.1, -0.05) is 18.5 Å². The van der Waals surface area contributed by atoms with Crippen molar-refractivity contribution >= 4 is 34.4 Å². The molecular weight excluding hydrogens is 288 g/mol. The summed E-state index contributed by atoms with van der Waals surface area (Å²) in [6.45, 7) is 2.55. The first-order chi connectivity index (χ1) is 9.11. The van der Waals surface area contributed by atoms with Gasteiger partial charge in [-0.15, -0.1) is 11.3 Å². The van der Waals surface area contributed by atoms with Gasteiger partial charge in [0.25, 0.3) is 0 Å². The van der Waals surface area contributed by atoms with Crippen LogP contribution in [0.15, 0.2) is 18.5 Å². The molecule has 0 unspecified atom stereocenters. The Kier molecular flexibility index (Phi) is 4.28. The number of nitrogens with zero attached hydrogens (tertiary/aromatic N) is 3. The second-order valence-corrected chi connectivity index (χ2v) is 5.30. The summed E-state index contributed by atoms with van der Waals surface area (Å²) in [5.74, 6) is 0.136. The van der Waals surface area contributed by atoms with Crippen LogP contribution in [0, 0.1) is 10.1 Å². The van der Waals surface area contributed by atoms with E-state index in [0.29, 0.717) is 6.54 Å². The van der Waals surface area contributed by atoms with Gasteiger partial charge >= 0.3 is 5.69 Å². The highest BCUT2D eigenvalue weighted by atomic mass is 35.5. The third-order valence-corrected chi connectivity index (χ3v) is 3.96. The van der Waals surface area contributed by atoms with Gasteiger partial charge in [0.1, 0.15) is 6.33 Å². The third-order valence-electron chi connectivity index (χ3n) is 2.46. The van der Waals surface area contributed by atoms with Gasteiger partial charge in [0.15, 0.2) is 0 Å². The Balaban J connectivity index is 2.15. The van der Waals surface area contributed by atoms with E-state index in [2.05, 4.69) is 22.2 Å². The molecule has 0 aliphatic carbocycles. The summed E-state index contributed by atoms with van der Waals surface area (Å²) in [6, 6.07) is 4.04. The lowest BCUT2D eigenvalue weighted by Crippen LogP contribution is -2.05. The lowest BCUT2D eigenvalue weighted by Gasteiger charge is -2.04. The Morgan fingerprint density at radius 3 is 2.79 bits per heavy atom. The second-order valence-electron chi connectivity index (χ2n) is 3.69. The zero-order chi connectivity index (χ0) is 13.8. The molecule has 0 fully saturated rings. The van der Waals surface area contributed by atoms with Crippen molar-refractivity contribution in [3.63, 3.8) is 0 Å². The van der Waals surface area contributed by atoms with Gasteiger partial charge in [0.2, 0.25) is 11.0 Å². The number of nitrogens with one attached hydrogen (secondary N) is 1. The van der Waals surface area contributed by atoms with Gasteiger partial charge < -0.3 is 5.32 Å². The molecule has 0 radical (unpaired) electrons. The molecule has 2 aromatic heterocycles. The predicted molar refractivity (Wildman–Crippen MR) is 74.7 cm³/mol. The van der Waals surface area contributed by atoms with Crippen molar-refractivity contribution in [2.45, 2.75) is 19.9 Å². The highest BCUT2D eigenvalue weighted by molar-refractivity contribution is 7.12. The summed E-state index contributed by atoms with van der Waals surface area (Å²) in [7, 11) is 0. The lowest BCUT2D eigenvalue weighted by molar-refractivity contribution is -0.384. The molecular formula is C11H11ClN4O2S. The molecule has 2 rings (SSSR count). The van der Waals surface area contributed by atoms with Gasteiger partial charge in [-0.05, 0) is 18.6 Å². The van der Waals surface area contributed by atoms with E-state index in [0.717, 1.165) is 11.3 Å². The lowest BCUT2D eigenvalue weighted by atomic mass is 10.3. The Morgan fingerprint density at radius 2 is 2.16 bits per heavy atom. The van der Waals surface area contributed by atoms with Gasteiger partial charge in [0.05, 0.1) is 11.5 Å². The highest BCUT2D eigenvalue weighted by Gasteiger charge is 2.21. The number of thiophene rings is 1. The summed E-state index contributed by atoms with van der Waals surface area (Å²) < 4.78 is 0. The molecule has 0 saturated heterocycles. The summed E-state index contributed by atoms with van der Waals surface area (Å²) in [5, 5.41) is 13.7. The number of nitro groups is 1. The van der Waals surface area contributed by atoms with Crippen LogP contribution in [0.5, 0.6) is 0 Å². The fourth-order valence-electron chi connectivity index (χ4n) is 1.53. The molecule has 0 spiro atoms. The van der Waals surface area contributed by atoms with Crippen molar-refractivity contribution in [2.24, 2.45) is 0 Å². The van der Waals surface area contributed by atoms with Gasteiger partial charge in [0, 0.05) is 9.75 Å². The summed E-state index contributed by atoms with van der Waals surface area (Å²) in [4.78, 5) is 20.1. The van der Waals surface area contributed by atoms with E-state index in [1.54, 1.807) is 11.3 Å². The smallest absolute Gasteiger partial charge is 0.348 e. The molecule has 6 nitrogen and oxygen atoms in total. The van der Waals surface area contributed by atoms with E-state index in [1.807, 2.05) is 12.1 Å². The number of hydrogen-bond donors (Lipinski definition) is 1. The Labute approximate surface area is 118 Å². The van der Waals surface area contributed by atoms with Crippen LogP contribution in [0.1, 0.15) is 16.7 Å². The van der Waals surface area contributed by atoms with Gasteiger partial charge in [-0.2, -0.15) is 0 Å². The Bertz CT molecular complexity index is 602. The molecule has 0 aliphatic heterocycles. The fraction of sp³-hybridized carbons (Fsp3) is 0.273. The zero-order valence-corrected chi connectivity index (χ0v) is 11.7. The van der Waals surface area contributed by atoms with Gasteiger partial charge in [-0.3, -0.25) is 10.1 Å². The zero-order valence-electron chi connectivity index (χ0n) is 10.1. The van der Waals surface area contributed by atoms with Crippen LogP contribution in [0.25, 0.3) is 0 Å². The predicted octanol–water partition coefficient (Wildman–Crippen LogP) is 3.27. The first-order valence-electron chi connectivity index (χ1n) is 5.58. The van der Waals surface area contributed by atoms with Crippen LogP contribution in [0.4, 0.5) is 11.5 Å². The number of anilines is 1. The van der Waals surface area contributed by atoms with Gasteiger partial charge in [-0.25, -0.2) is 9.97 Å². The first-order valence-corrected chi connectivity index (χ1v) is 6.77. The van der Waals surface area contributed by atoms with E-state index in [4.69, 9.17) is 11.6 Å². The number of aryl methyl sites for hydroxylation is 1. The van der Waals surface area contributed by atoms with Crippen molar-refractivity contribution in [1.82, 2.24) is 9.97 Å². The second kappa shape index (κ2) is 5.94. The topological polar surface area (TPSA) is 81.0 Å². The minimum Gasteiger partial charge on any atom is -0.359 e. The molecule has 8 heteroatoms. The Morgan fingerprint density at radius 1 is 1.42 bits per heavy atom. The minimum atomic E-state index is -0.587. The summed E-state index contributed by atoms with van der Waals surface area (Å²) >= 11 is 7.36. The fourth-order valence-corrected chi connectivity index (χ4v) is 2.63. The molecule has 1 N–H and O–H groups in total. The maximum atomic E-state index is 10.9. The Hall–Kier alpha value is -1.73. The molecule has 0 saturated carbocycles. The van der Waals surface area contributed by atoms with Crippen molar-refractivity contribution in [2.75, 3.05) is 5.32 Å². The first kappa shape index (κ1) is 13.7. The van der Waals surface area contributed by atoms with Crippen molar-refractivity contribution in [3.05, 3.63) is 43.5 Å². The largest absolute Gasteiger partial charge is 0.359 e. The van der Waals surface area contributed by atoms with E-state index in [9.17, 15) is 10.1 Å². The molecule has 19 heavy (non-hydrogen) atoms. The maximum Gasteiger partial charge on any atom is 0.348 e. The molecule has 2 aromatic rings. The normalized spacial score (nSPS) is 10.4. The molecule has 0 atom stereocenters. The monoisotopic (exact) mass is 298 g/mol. The number of rotatable bonds is 5. The molecule has 100 valence electrons. The minimum absolute atomic E-state index is 0.136. The SMILES string of the molecule is CCc1ccc(CNc2ncnc(Cl)c2[N+](=O)[O-])s1. The molecule has 2 heterocycles. The van der Waals surface area contributed by atoms with Crippen LogP contribution in [-0.4, -0.2) is 14.9 Å². The van der Waals surface area contributed by atoms with Crippen LogP contribution >= 0.6 is 22.9 Å². The van der Waals surface area contributed by atoms with E-state index in [1.165, 1.54) is 11.2 Å². The highest BCUT2D eigenvalue weighted by Crippen LogP contribution is 2.29. The standard InChI is InChI=1S/C11H11ClN4O2S/c1-2-7-3-4-8(19-7)5-13-11-9(16(17)18)10(12)14-6-15-11/h3-4,6H,2,5H2,1H3,(H,13,14,15). The third kappa shape index (κ3) is 3.18. The van der Waals surface area contributed by atoms with E-state index >= 15 is 0 Å². The van der Waals surface area contributed by atoms with E-state index in [-0.39, 0.29) is 16.7 Å². The molecule has 0 aliphatic rings. The van der Waals surface area contributed by atoms with Crippen LogP contribution in [0.2, 0.25) is 5.15 Å². The van der Waals surface area contributed by atoms with Crippen molar-refractivity contribution in [1.29, 1.82) is 0 Å². The summed E-state index contributed by atoms with van der Waals surface area (Å²) in [5.41, 5.74) is -0.295. The molecule has 0 bridgehead atoms. The van der Waals surface area contributed by atoms with Crippen LogP contribution in [0.3, 0.4) is 0 Å².